The van der Waals surface area contributed by atoms with Crippen LogP contribution in [0.5, 0.6) is 5.75 Å². The molecule has 3 aromatic rings. The topological polar surface area (TPSA) is 50.5 Å². The molecule has 4 heterocycles. The molecular formula is C23H27N3O2. The van der Waals surface area contributed by atoms with Crippen LogP contribution in [0, 0.1) is 0 Å². The summed E-state index contributed by atoms with van der Waals surface area (Å²) in [4.78, 5) is 6.63. The molecule has 0 aliphatic carbocycles. The number of ether oxygens (including phenoxy) is 1. The van der Waals surface area contributed by atoms with Crippen LogP contribution in [0.3, 0.4) is 0 Å². The number of hydrogen-bond donors (Lipinski definition) is 1. The molecule has 0 amide bonds. The van der Waals surface area contributed by atoms with Gasteiger partial charge >= 0.3 is 0 Å². The van der Waals surface area contributed by atoms with Gasteiger partial charge in [-0.2, -0.15) is 0 Å². The van der Waals surface area contributed by atoms with Crippen molar-refractivity contribution < 1.29 is 9.84 Å². The van der Waals surface area contributed by atoms with E-state index in [0.29, 0.717) is 18.6 Å². The van der Waals surface area contributed by atoms with Crippen molar-refractivity contribution in [2.75, 3.05) is 14.2 Å². The fourth-order valence-corrected chi connectivity index (χ4v) is 5.25. The molecule has 2 bridgehead atoms. The number of aromatic nitrogens is 2. The summed E-state index contributed by atoms with van der Waals surface area (Å²) in [6.45, 7) is 2.42. The number of pyridine rings is 1. The molecule has 0 spiro atoms. The molecule has 28 heavy (non-hydrogen) atoms. The van der Waals surface area contributed by atoms with Gasteiger partial charge in [-0.1, -0.05) is 0 Å². The first-order chi connectivity index (χ1) is 13.5. The van der Waals surface area contributed by atoms with Crippen molar-refractivity contribution in [3.63, 3.8) is 0 Å². The number of rotatable bonds is 4. The third-order valence-electron chi connectivity index (χ3n) is 6.79. The van der Waals surface area contributed by atoms with E-state index in [9.17, 15) is 5.11 Å². The van der Waals surface area contributed by atoms with Crippen LogP contribution in [0.25, 0.3) is 10.9 Å². The highest BCUT2D eigenvalue weighted by molar-refractivity contribution is 5.88. The molecule has 2 aliphatic heterocycles. The Morgan fingerprint density at radius 1 is 1.21 bits per heavy atom. The molecule has 3 unspecified atom stereocenters. The third kappa shape index (κ3) is 2.57. The minimum absolute atomic E-state index is 0.454. The average molecular weight is 377 g/mol. The summed E-state index contributed by atoms with van der Waals surface area (Å²) < 4.78 is 7.87. The Morgan fingerprint density at radius 3 is 2.75 bits per heavy atom. The monoisotopic (exact) mass is 377 g/mol. The second-order valence-corrected chi connectivity index (χ2v) is 8.46. The van der Waals surface area contributed by atoms with E-state index in [0.717, 1.165) is 17.7 Å². The summed E-state index contributed by atoms with van der Waals surface area (Å²) in [6, 6.07) is 11.2. The van der Waals surface area contributed by atoms with Crippen LogP contribution in [0.2, 0.25) is 0 Å². The molecule has 0 radical (unpaired) electrons. The zero-order valence-electron chi connectivity index (χ0n) is 16.7. The molecule has 1 N–H and O–H groups in total. The smallest absolute Gasteiger partial charge is 0.119 e. The van der Waals surface area contributed by atoms with Crippen molar-refractivity contribution in [1.82, 2.24) is 14.5 Å². The molecular weight excluding hydrogens is 350 g/mol. The van der Waals surface area contributed by atoms with Crippen LogP contribution in [-0.2, 0) is 18.6 Å². The van der Waals surface area contributed by atoms with Gasteiger partial charge in [0, 0.05) is 47.5 Å². The zero-order chi connectivity index (χ0) is 19.5. The first-order valence-electron chi connectivity index (χ1n) is 10.0. The summed E-state index contributed by atoms with van der Waals surface area (Å²) in [5.74, 6) is 0.885. The molecule has 5 rings (SSSR count). The fraction of sp³-hybridized carbons (Fsp3) is 0.435. The van der Waals surface area contributed by atoms with Gasteiger partial charge in [-0.05, 0) is 68.3 Å². The molecule has 3 atom stereocenters. The van der Waals surface area contributed by atoms with E-state index in [1.807, 2.05) is 25.1 Å². The highest BCUT2D eigenvalue weighted by atomic mass is 16.5. The van der Waals surface area contributed by atoms with Crippen molar-refractivity contribution in [1.29, 1.82) is 0 Å². The van der Waals surface area contributed by atoms with Gasteiger partial charge in [0.25, 0.3) is 0 Å². The van der Waals surface area contributed by atoms with Crippen molar-refractivity contribution >= 4 is 10.9 Å². The van der Waals surface area contributed by atoms with E-state index in [-0.39, 0.29) is 0 Å². The molecule has 5 heteroatoms. The number of benzene rings is 1. The van der Waals surface area contributed by atoms with Gasteiger partial charge in [0.15, 0.2) is 0 Å². The zero-order valence-corrected chi connectivity index (χ0v) is 16.7. The number of likely N-dealkylation sites (N-methyl/N-ethyl adjacent to an activating group) is 1. The molecule has 146 valence electrons. The number of methoxy groups -OCH3 is 1. The van der Waals surface area contributed by atoms with Crippen molar-refractivity contribution in [2.24, 2.45) is 0 Å². The predicted molar refractivity (Wildman–Crippen MR) is 110 cm³/mol. The van der Waals surface area contributed by atoms with E-state index >= 15 is 0 Å². The van der Waals surface area contributed by atoms with E-state index in [2.05, 4.69) is 33.6 Å². The van der Waals surface area contributed by atoms with Gasteiger partial charge in [-0.25, -0.2) is 0 Å². The Kier molecular flexibility index (Phi) is 4.00. The lowest BCUT2D eigenvalue weighted by molar-refractivity contribution is 0.0381. The number of hydrogen-bond acceptors (Lipinski definition) is 4. The van der Waals surface area contributed by atoms with Gasteiger partial charge < -0.3 is 14.4 Å². The van der Waals surface area contributed by atoms with Crippen LogP contribution in [0.4, 0.5) is 0 Å². The number of fused-ring (bicyclic) bond motifs is 6. The summed E-state index contributed by atoms with van der Waals surface area (Å²) in [7, 11) is 3.97. The Morgan fingerprint density at radius 2 is 2.00 bits per heavy atom. The van der Waals surface area contributed by atoms with Crippen LogP contribution < -0.4 is 4.74 Å². The normalized spacial score (nSPS) is 23.6. The van der Waals surface area contributed by atoms with Gasteiger partial charge in [-0.15, -0.1) is 0 Å². The van der Waals surface area contributed by atoms with Crippen LogP contribution in [0.1, 0.15) is 42.6 Å². The summed E-state index contributed by atoms with van der Waals surface area (Å²) in [5, 5.41) is 12.6. The highest BCUT2D eigenvalue weighted by Crippen LogP contribution is 2.47. The second-order valence-electron chi connectivity index (χ2n) is 8.46. The lowest BCUT2D eigenvalue weighted by Gasteiger charge is -2.33. The average Bonchev–Trinajstić information content (AvgIpc) is 3.12. The fourth-order valence-electron chi connectivity index (χ4n) is 5.25. The number of aliphatic hydroxyl groups is 1. The van der Waals surface area contributed by atoms with Gasteiger partial charge in [-0.3, -0.25) is 9.88 Å². The standard InChI is InChI=1S/C23H27N3O2/c1-23(27,15-8-10-24-11-9-15)14-26-19-7-5-17(28-3)13-18(19)22-20-6-4-16(25(20)2)12-21(22)26/h5,7-11,13,16,20,27H,4,6,12,14H2,1-3H3. The lowest BCUT2D eigenvalue weighted by atomic mass is 9.95. The van der Waals surface area contributed by atoms with Gasteiger partial charge in [0.05, 0.1) is 13.7 Å². The largest absolute Gasteiger partial charge is 0.497 e. The highest BCUT2D eigenvalue weighted by Gasteiger charge is 2.41. The molecule has 0 saturated carbocycles. The van der Waals surface area contributed by atoms with Crippen LogP contribution >= 0.6 is 0 Å². The molecule has 2 aromatic heterocycles. The molecule has 5 nitrogen and oxygen atoms in total. The van der Waals surface area contributed by atoms with E-state index < -0.39 is 5.60 Å². The second kappa shape index (κ2) is 6.33. The van der Waals surface area contributed by atoms with E-state index in [4.69, 9.17) is 4.74 Å². The molecule has 2 aliphatic rings. The summed E-state index contributed by atoms with van der Waals surface area (Å²) >= 11 is 0. The SMILES string of the molecule is COc1ccc2c(c1)c1c(n2CC(C)(O)c2ccncc2)CC2CCC1N2C. The van der Waals surface area contributed by atoms with Gasteiger partial charge in [0.2, 0.25) is 0 Å². The maximum atomic E-state index is 11.3. The summed E-state index contributed by atoms with van der Waals surface area (Å²) in [5.41, 5.74) is 3.91. The Hall–Kier alpha value is -2.37. The van der Waals surface area contributed by atoms with Crippen LogP contribution in [-0.4, -0.2) is 39.8 Å². The summed E-state index contributed by atoms with van der Waals surface area (Å²) in [6.07, 6.45) is 6.96. The maximum absolute atomic E-state index is 11.3. The van der Waals surface area contributed by atoms with Gasteiger partial charge in [0.1, 0.15) is 11.4 Å². The lowest BCUT2D eigenvalue weighted by Crippen LogP contribution is -2.36. The third-order valence-corrected chi connectivity index (χ3v) is 6.79. The first-order valence-corrected chi connectivity index (χ1v) is 10.0. The minimum Gasteiger partial charge on any atom is -0.497 e. The minimum atomic E-state index is -0.967. The van der Waals surface area contributed by atoms with E-state index in [1.165, 1.54) is 35.0 Å². The quantitative estimate of drug-likeness (QED) is 0.754. The van der Waals surface area contributed by atoms with Crippen molar-refractivity contribution in [2.45, 2.75) is 50.4 Å². The molecule has 1 aromatic carbocycles. The maximum Gasteiger partial charge on any atom is 0.119 e. The Labute approximate surface area is 165 Å². The predicted octanol–water partition coefficient (Wildman–Crippen LogP) is 3.64. The number of nitrogens with zero attached hydrogens (tertiary/aromatic N) is 3. The molecule has 1 fully saturated rings. The molecule has 1 saturated heterocycles. The first kappa shape index (κ1) is 17.7. The van der Waals surface area contributed by atoms with Crippen molar-refractivity contribution in [3.8, 4) is 5.75 Å². The van der Waals surface area contributed by atoms with Crippen LogP contribution in [0.15, 0.2) is 42.7 Å². The van der Waals surface area contributed by atoms with Crippen molar-refractivity contribution in [3.05, 3.63) is 59.5 Å². The Balaban J connectivity index is 1.68. The van der Waals surface area contributed by atoms with E-state index in [1.54, 1.807) is 19.5 Å². The Bertz CT molecular complexity index is 1030.